The van der Waals surface area contributed by atoms with Gasteiger partial charge in [0.2, 0.25) is 5.91 Å². The number of nitrogens with zero attached hydrogens (tertiary/aromatic N) is 3. The SMILES string of the molecule is O=C(NC[C@H]1Cn2nnc(-c3cccc(F)c3)c2CO1)[C@@H]1CCOC1. The molecule has 2 aliphatic heterocycles. The smallest absolute Gasteiger partial charge is 0.225 e. The van der Waals surface area contributed by atoms with Crippen LogP contribution in [0.1, 0.15) is 12.1 Å². The number of carbonyl (C=O) groups excluding carboxylic acids is 1. The van der Waals surface area contributed by atoms with Gasteiger partial charge >= 0.3 is 0 Å². The molecule has 2 aliphatic rings. The number of hydrogen-bond donors (Lipinski definition) is 1. The van der Waals surface area contributed by atoms with Gasteiger partial charge in [0.1, 0.15) is 11.5 Å². The van der Waals surface area contributed by atoms with E-state index < -0.39 is 0 Å². The summed E-state index contributed by atoms with van der Waals surface area (Å²) < 4.78 is 26.2. The van der Waals surface area contributed by atoms with Crippen molar-refractivity contribution >= 4 is 5.91 Å². The van der Waals surface area contributed by atoms with E-state index in [1.54, 1.807) is 16.8 Å². The third-order valence-electron chi connectivity index (χ3n) is 4.57. The van der Waals surface area contributed by atoms with E-state index in [0.29, 0.717) is 44.2 Å². The molecule has 3 heterocycles. The van der Waals surface area contributed by atoms with E-state index in [0.717, 1.165) is 12.1 Å². The Balaban J connectivity index is 1.40. The van der Waals surface area contributed by atoms with Crippen LogP contribution in [0.3, 0.4) is 0 Å². The number of rotatable bonds is 4. The molecule has 1 saturated heterocycles. The predicted molar refractivity (Wildman–Crippen MR) is 85.9 cm³/mol. The number of fused-ring (bicyclic) bond motifs is 1. The van der Waals surface area contributed by atoms with E-state index in [4.69, 9.17) is 9.47 Å². The van der Waals surface area contributed by atoms with Gasteiger partial charge in [-0.1, -0.05) is 17.3 Å². The highest BCUT2D eigenvalue weighted by Crippen LogP contribution is 2.25. The van der Waals surface area contributed by atoms with Crippen molar-refractivity contribution in [2.75, 3.05) is 19.8 Å². The number of hydrogen-bond acceptors (Lipinski definition) is 5. The Morgan fingerprint density at radius 2 is 2.36 bits per heavy atom. The Bertz CT molecular complexity index is 773. The summed E-state index contributed by atoms with van der Waals surface area (Å²) in [7, 11) is 0. The monoisotopic (exact) mass is 346 g/mol. The number of aromatic nitrogens is 3. The zero-order chi connectivity index (χ0) is 17.2. The molecule has 25 heavy (non-hydrogen) atoms. The van der Waals surface area contributed by atoms with Crippen LogP contribution in [0.4, 0.5) is 4.39 Å². The topological polar surface area (TPSA) is 78.3 Å². The standard InChI is InChI=1S/C17H19FN4O3/c18-13-3-1-2-11(6-13)16-15-10-25-14(8-22(15)21-20-16)7-19-17(23)12-4-5-24-9-12/h1-3,6,12,14H,4-5,7-10H2,(H,19,23)/t12-,14+/m1/s1. The molecule has 1 N–H and O–H groups in total. The van der Waals surface area contributed by atoms with Crippen molar-refractivity contribution in [2.24, 2.45) is 5.92 Å². The number of nitrogens with one attached hydrogen (secondary N) is 1. The fourth-order valence-electron chi connectivity index (χ4n) is 3.15. The van der Waals surface area contributed by atoms with Crippen LogP contribution < -0.4 is 5.32 Å². The predicted octanol–water partition coefficient (Wildman–Crippen LogP) is 1.14. The molecule has 132 valence electrons. The average molecular weight is 346 g/mol. The summed E-state index contributed by atoms with van der Waals surface area (Å²) in [4.78, 5) is 12.0. The van der Waals surface area contributed by atoms with Gasteiger partial charge in [-0.25, -0.2) is 9.07 Å². The van der Waals surface area contributed by atoms with Crippen LogP contribution >= 0.6 is 0 Å². The third kappa shape index (κ3) is 3.40. The van der Waals surface area contributed by atoms with Crippen LogP contribution in [0.15, 0.2) is 24.3 Å². The number of carbonyl (C=O) groups is 1. The molecule has 0 radical (unpaired) electrons. The van der Waals surface area contributed by atoms with Gasteiger partial charge in [0.25, 0.3) is 0 Å². The molecule has 0 bridgehead atoms. The Morgan fingerprint density at radius 1 is 1.44 bits per heavy atom. The van der Waals surface area contributed by atoms with Crippen LogP contribution in [0.5, 0.6) is 0 Å². The maximum absolute atomic E-state index is 13.4. The molecule has 1 fully saturated rings. The number of benzene rings is 1. The molecule has 0 saturated carbocycles. The molecule has 2 atom stereocenters. The van der Waals surface area contributed by atoms with Gasteiger partial charge in [-0.15, -0.1) is 5.10 Å². The van der Waals surface area contributed by atoms with Gasteiger partial charge < -0.3 is 14.8 Å². The van der Waals surface area contributed by atoms with E-state index in [1.165, 1.54) is 12.1 Å². The molecule has 1 amide bonds. The fourth-order valence-corrected chi connectivity index (χ4v) is 3.15. The highest BCUT2D eigenvalue weighted by molar-refractivity contribution is 5.79. The first-order chi connectivity index (χ1) is 12.2. The van der Waals surface area contributed by atoms with Crippen LogP contribution in [0.2, 0.25) is 0 Å². The van der Waals surface area contributed by atoms with E-state index in [-0.39, 0.29) is 23.7 Å². The maximum atomic E-state index is 13.4. The average Bonchev–Trinajstić information content (AvgIpc) is 3.29. The largest absolute Gasteiger partial charge is 0.381 e. The van der Waals surface area contributed by atoms with Crippen molar-refractivity contribution in [3.05, 3.63) is 35.8 Å². The molecule has 7 nitrogen and oxygen atoms in total. The quantitative estimate of drug-likeness (QED) is 0.898. The molecular formula is C17H19FN4O3. The molecular weight excluding hydrogens is 327 g/mol. The minimum Gasteiger partial charge on any atom is -0.381 e. The normalized spacial score (nSPS) is 22.6. The Labute approximate surface area is 144 Å². The summed E-state index contributed by atoms with van der Waals surface area (Å²) in [6.45, 7) is 2.37. The van der Waals surface area contributed by atoms with Crippen molar-refractivity contribution in [3.63, 3.8) is 0 Å². The van der Waals surface area contributed by atoms with Crippen molar-refractivity contribution in [3.8, 4) is 11.3 Å². The second-order valence-electron chi connectivity index (χ2n) is 6.32. The summed E-state index contributed by atoms with van der Waals surface area (Å²) in [6.07, 6.45) is 0.600. The first-order valence-electron chi connectivity index (χ1n) is 8.36. The second-order valence-corrected chi connectivity index (χ2v) is 6.32. The zero-order valence-electron chi connectivity index (χ0n) is 13.7. The van der Waals surface area contributed by atoms with Crippen LogP contribution in [0.25, 0.3) is 11.3 Å². The highest BCUT2D eigenvalue weighted by atomic mass is 19.1. The Morgan fingerprint density at radius 3 is 3.16 bits per heavy atom. The van der Waals surface area contributed by atoms with Gasteiger partial charge in [-0.05, 0) is 18.6 Å². The molecule has 1 aromatic heterocycles. The molecule has 0 aliphatic carbocycles. The first-order valence-corrected chi connectivity index (χ1v) is 8.36. The van der Waals surface area contributed by atoms with Gasteiger partial charge in [-0.2, -0.15) is 0 Å². The van der Waals surface area contributed by atoms with Gasteiger partial charge in [-0.3, -0.25) is 4.79 Å². The minimum absolute atomic E-state index is 0.00550. The minimum atomic E-state index is -0.313. The number of halogens is 1. The maximum Gasteiger partial charge on any atom is 0.225 e. The van der Waals surface area contributed by atoms with Gasteiger partial charge in [0, 0.05) is 18.7 Å². The molecule has 1 aromatic carbocycles. The lowest BCUT2D eigenvalue weighted by molar-refractivity contribution is -0.126. The van der Waals surface area contributed by atoms with Crippen molar-refractivity contribution in [1.29, 1.82) is 0 Å². The van der Waals surface area contributed by atoms with Gasteiger partial charge in [0.15, 0.2) is 0 Å². The van der Waals surface area contributed by atoms with E-state index in [2.05, 4.69) is 15.6 Å². The lowest BCUT2D eigenvalue weighted by Crippen LogP contribution is -2.41. The summed E-state index contributed by atoms with van der Waals surface area (Å²) in [6, 6.07) is 6.26. The highest BCUT2D eigenvalue weighted by Gasteiger charge is 2.27. The summed E-state index contributed by atoms with van der Waals surface area (Å²) in [5, 5.41) is 11.2. The van der Waals surface area contributed by atoms with E-state index >= 15 is 0 Å². The molecule has 0 spiro atoms. The Kier molecular flexibility index (Phi) is 4.46. The van der Waals surface area contributed by atoms with E-state index in [9.17, 15) is 9.18 Å². The first kappa shape index (κ1) is 16.2. The molecule has 0 unspecified atom stereocenters. The fraction of sp³-hybridized carbons (Fsp3) is 0.471. The van der Waals surface area contributed by atoms with Crippen LogP contribution in [-0.4, -0.2) is 46.8 Å². The second kappa shape index (κ2) is 6.89. The van der Waals surface area contributed by atoms with Crippen molar-refractivity contribution in [1.82, 2.24) is 20.3 Å². The molecule has 8 heteroatoms. The number of ether oxygens (including phenoxy) is 2. The van der Waals surface area contributed by atoms with Crippen LogP contribution in [0, 0.1) is 11.7 Å². The van der Waals surface area contributed by atoms with Gasteiger partial charge in [0.05, 0.1) is 37.5 Å². The summed E-state index contributed by atoms with van der Waals surface area (Å²) in [5.74, 6) is -0.372. The zero-order valence-corrected chi connectivity index (χ0v) is 13.7. The molecule has 2 aromatic rings. The lowest BCUT2D eigenvalue weighted by Gasteiger charge is -2.24. The van der Waals surface area contributed by atoms with Crippen molar-refractivity contribution < 1.29 is 18.7 Å². The van der Waals surface area contributed by atoms with E-state index in [1.807, 2.05) is 0 Å². The number of amides is 1. The molecule has 4 rings (SSSR count). The lowest BCUT2D eigenvalue weighted by atomic mass is 10.1. The third-order valence-corrected chi connectivity index (χ3v) is 4.57. The van der Waals surface area contributed by atoms with Crippen molar-refractivity contribution in [2.45, 2.75) is 25.7 Å². The summed E-state index contributed by atoms with van der Waals surface area (Å²) in [5.41, 5.74) is 2.13. The Hall–Kier alpha value is -2.32. The van der Waals surface area contributed by atoms with Crippen LogP contribution in [-0.2, 0) is 27.4 Å². The summed E-state index contributed by atoms with van der Waals surface area (Å²) >= 11 is 0.